The molecule has 2 aromatic rings. The highest BCUT2D eigenvalue weighted by molar-refractivity contribution is 5.94. The maximum absolute atomic E-state index is 13.5. The lowest BCUT2D eigenvalue weighted by Gasteiger charge is -2.17. The van der Waals surface area contributed by atoms with Crippen LogP contribution in [0.3, 0.4) is 0 Å². The van der Waals surface area contributed by atoms with E-state index >= 15 is 0 Å². The van der Waals surface area contributed by atoms with E-state index in [-0.39, 0.29) is 37.0 Å². The number of carbonyl (C=O) groups is 2. The summed E-state index contributed by atoms with van der Waals surface area (Å²) in [5, 5.41) is 2.58. The first-order chi connectivity index (χ1) is 11.5. The highest BCUT2D eigenvalue weighted by Crippen LogP contribution is 2.10. The predicted octanol–water partition coefficient (Wildman–Crippen LogP) is 2.99. The third kappa shape index (κ3) is 5.15. The summed E-state index contributed by atoms with van der Waals surface area (Å²) in [5.74, 6) is -1.38. The monoisotopic (exact) mass is 332 g/mol. The number of likely N-dealkylation sites (N-methyl/N-ethyl adjacent to an activating group) is 1. The minimum Gasteiger partial charge on any atom is -0.336 e. The Morgan fingerprint density at radius 2 is 1.71 bits per heavy atom. The van der Waals surface area contributed by atoms with Crippen molar-refractivity contribution in [3.05, 3.63) is 65.7 Å². The molecule has 0 spiro atoms. The summed E-state index contributed by atoms with van der Waals surface area (Å²) >= 11 is 0. The van der Waals surface area contributed by atoms with Crippen molar-refractivity contribution in [2.45, 2.75) is 12.8 Å². The summed E-state index contributed by atoms with van der Waals surface area (Å²) in [6.07, 6.45) is 0.386. The quantitative estimate of drug-likeness (QED) is 0.884. The van der Waals surface area contributed by atoms with E-state index in [2.05, 4.69) is 5.32 Å². The zero-order chi connectivity index (χ0) is 17.5. The fourth-order valence-corrected chi connectivity index (χ4v) is 2.17. The second-order valence-corrected chi connectivity index (χ2v) is 5.40. The molecule has 0 bridgehead atoms. The number of nitrogens with zero attached hydrogens (tertiary/aromatic N) is 1. The smallest absolute Gasteiger partial charge is 0.243 e. The van der Waals surface area contributed by atoms with Gasteiger partial charge in [-0.25, -0.2) is 8.78 Å². The first-order valence-electron chi connectivity index (χ1n) is 7.48. The van der Waals surface area contributed by atoms with E-state index in [0.717, 1.165) is 0 Å². The van der Waals surface area contributed by atoms with Crippen molar-refractivity contribution in [2.24, 2.45) is 0 Å². The van der Waals surface area contributed by atoms with Crippen molar-refractivity contribution in [3.63, 3.8) is 0 Å². The lowest BCUT2D eigenvalue weighted by Crippen LogP contribution is -2.35. The van der Waals surface area contributed by atoms with E-state index in [1.165, 1.54) is 42.3 Å². The van der Waals surface area contributed by atoms with E-state index in [1.807, 2.05) is 0 Å². The van der Waals surface area contributed by atoms with Crippen LogP contribution >= 0.6 is 0 Å². The molecule has 0 saturated carbocycles. The van der Waals surface area contributed by atoms with Crippen LogP contribution < -0.4 is 5.32 Å². The van der Waals surface area contributed by atoms with Gasteiger partial charge < -0.3 is 10.2 Å². The number of carbonyl (C=O) groups excluding carboxylic acids is 2. The van der Waals surface area contributed by atoms with Crippen molar-refractivity contribution >= 4 is 17.5 Å². The molecule has 0 radical (unpaired) electrons. The average molecular weight is 332 g/mol. The summed E-state index contributed by atoms with van der Waals surface area (Å²) in [5.41, 5.74) is 0.920. The Labute approximate surface area is 139 Å². The maximum Gasteiger partial charge on any atom is 0.243 e. The Kier molecular flexibility index (Phi) is 6.01. The largest absolute Gasteiger partial charge is 0.336 e. The molecule has 1 N–H and O–H groups in total. The lowest BCUT2D eigenvalue weighted by molar-refractivity contribution is -0.133. The van der Waals surface area contributed by atoms with Crippen molar-refractivity contribution < 1.29 is 18.4 Å². The number of halogens is 2. The third-order valence-corrected chi connectivity index (χ3v) is 3.50. The van der Waals surface area contributed by atoms with Gasteiger partial charge in [-0.1, -0.05) is 18.2 Å². The highest BCUT2D eigenvalue weighted by Gasteiger charge is 2.14. The van der Waals surface area contributed by atoms with E-state index in [9.17, 15) is 18.4 Å². The molecule has 24 heavy (non-hydrogen) atoms. The molecule has 0 aromatic heterocycles. The second kappa shape index (κ2) is 8.19. The summed E-state index contributed by atoms with van der Waals surface area (Å²) in [4.78, 5) is 25.2. The van der Waals surface area contributed by atoms with Gasteiger partial charge in [-0.3, -0.25) is 9.59 Å². The van der Waals surface area contributed by atoms with Gasteiger partial charge in [0.05, 0.1) is 6.54 Å². The Balaban J connectivity index is 1.81. The van der Waals surface area contributed by atoms with E-state index in [4.69, 9.17) is 0 Å². The molecule has 0 fully saturated rings. The Hall–Kier alpha value is -2.76. The number of anilines is 1. The molecule has 6 heteroatoms. The topological polar surface area (TPSA) is 49.4 Å². The number of amides is 2. The van der Waals surface area contributed by atoms with Crippen LogP contribution in [-0.2, 0) is 16.0 Å². The van der Waals surface area contributed by atoms with Gasteiger partial charge in [0.15, 0.2) is 0 Å². The van der Waals surface area contributed by atoms with Gasteiger partial charge in [0.2, 0.25) is 11.8 Å². The Morgan fingerprint density at radius 1 is 1.04 bits per heavy atom. The summed E-state index contributed by atoms with van der Waals surface area (Å²) < 4.78 is 26.3. The molecule has 2 rings (SSSR count). The molecule has 126 valence electrons. The molecule has 0 aliphatic rings. The number of nitrogens with one attached hydrogen (secondary N) is 1. The van der Waals surface area contributed by atoms with E-state index in [0.29, 0.717) is 11.3 Å². The van der Waals surface area contributed by atoms with Crippen LogP contribution in [0.15, 0.2) is 48.5 Å². The molecule has 0 aliphatic heterocycles. The third-order valence-electron chi connectivity index (χ3n) is 3.50. The van der Waals surface area contributed by atoms with Crippen molar-refractivity contribution in [2.75, 3.05) is 18.9 Å². The van der Waals surface area contributed by atoms with Gasteiger partial charge >= 0.3 is 0 Å². The standard InChI is InChI=1S/C18H18F2N2O2/c1-22(12-17(23)21-15-9-7-14(19)8-10-15)18(24)11-6-13-4-2-3-5-16(13)20/h2-5,7-10H,6,11-12H2,1H3,(H,21,23). The van der Waals surface area contributed by atoms with Gasteiger partial charge in [-0.05, 0) is 42.3 Å². The van der Waals surface area contributed by atoms with E-state index < -0.39 is 5.82 Å². The van der Waals surface area contributed by atoms with Crippen molar-refractivity contribution in [1.29, 1.82) is 0 Å². The molecule has 2 aromatic carbocycles. The number of aryl methyl sites for hydroxylation is 1. The summed E-state index contributed by atoms with van der Waals surface area (Å²) in [6, 6.07) is 11.6. The second-order valence-electron chi connectivity index (χ2n) is 5.40. The fraction of sp³-hybridized carbons (Fsp3) is 0.222. The lowest BCUT2D eigenvalue weighted by atomic mass is 10.1. The van der Waals surface area contributed by atoms with Crippen LogP contribution in [0, 0.1) is 11.6 Å². The normalized spacial score (nSPS) is 10.3. The highest BCUT2D eigenvalue weighted by atomic mass is 19.1. The zero-order valence-electron chi connectivity index (χ0n) is 13.3. The van der Waals surface area contributed by atoms with Crippen molar-refractivity contribution in [3.8, 4) is 0 Å². The SMILES string of the molecule is CN(CC(=O)Nc1ccc(F)cc1)C(=O)CCc1ccccc1F. The maximum atomic E-state index is 13.5. The molecule has 0 saturated heterocycles. The van der Waals surface area contributed by atoms with Gasteiger partial charge in [0.25, 0.3) is 0 Å². The van der Waals surface area contributed by atoms with Gasteiger partial charge in [-0.2, -0.15) is 0 Å². The minimum atomic E-state index is -0.395. The van der Waals surface area contributed by atoms with Crippen LogP contribution in [0.2, 0.25) is 0 Å². The Bertz CT molecular complexity index is 717. The molecule has 4 nitrogen and oxygen atoms in total. The minimum absolute atomic E-state index is 0.112. The number of rotatable bonds is 6. The van der Waals surface area contributed by atoms with E-state index in [1.54, 1.807) is 18.2 Å². The zero-order valence-corrected chi connectivity index (χ0v) is 13.3. The number of hydrogen-bond acceptors (Lipinski definition) is 2. The van der Waals surface area contributed by atoms with Crippen LogP contribution in [0.4, 0.5) is 14.5 Å². The molecule has 0 heterocycles. The number of benzene rings is 2. The first kappa shape index (κ1) is 17.6. The Morgan fingerprint density at radius 3 is 2.38 bits per heavy atom. The van der Waals surface area contributed by atoms with Crippen LogP contribution in [0.5, 0.6) is 0 Å². The molecule has 2 amide bonds. The molecular formula is C18H18F2N2O2. The average Bonchev–Trinajstić information content (AvgIpc) is 2.56. The van der Waals surface area contributed by atoms with Gasteiger partial charge in [0.1, 0.15) is 11.6 Å². The molecule has 0 atom stereocenters. The fourth-order valence-electron chi connectivity index (χ4n) is 2.17. The van der Waals surface area contributed by atoms with Crippen molar-refractivity contribution in [1.82, 2.24) is 4.90 Å². The molecular weight excluding hydrogens is 314 g/mol. The summed E-state index contributed by atoms with van der Waals surface area (Å²) in [6.45, 7) is -0.131. The summed E-state index contributed by atoms with van der Waals surface area (Å²) in [7, 11) is 1.51. The van der Waals surface area contributed by atoms with Crippen LogP contribution in [0.25, 0.3) is 0 Å². The number of hydrogen-bond donors (Lipinski definition) is 1. The van der Waals surface area contributed by atoms with Gasteiger partial charge in [0, 0.05) is 19.2 Å². The molecule has 0 aliphatic carbocycles. The molecule has 0 unspecified atom stereocenters. The van der Waals surface area contributed by atoms with Gasteiger partial charge in [-0.15, -0.1) is 0 Å². The predicted molar refractivity (Wildman–Crippen MR) is 87.4 cm³/mol. The van der Waals surface area contributed by atoms with Crippen LogP contribution in [-0.4, -0.2) is 30.3 Å². The van der Waals surface area contributed by atoms with Crippen LogP contribution in [0.1, 0.15) is 12.0 Å². The first-order valence-corrected chi connectivity index (χ1v) is 7.48.